The van der Waals surface area contributed by atoms with Crippen molar-refractivity contribution in [3.05, 3.63) is 64.0 Å². The second-order valence-corrected chi connectivity index (χ2v) is 8.04. The van der Waals surface area contributed by atoms with Crippen LogP contribution in [0.4, 0.5) is 0 Å². The quantitative estimate of drug-likeness (QED) is 0.600. The van der Waals surface area contributed by atoms with Crippen LogP contribution in [0.1, 0.15) is 11.1 Å². The number of morpholine rings is 1. The fraction of sp³-hybridized carbons (Fsp3) is 0.375. The Balaban J connectivity index is 1.43. The van der Waals surface area contributed by atoms with Crippen molar-refractivity contribution in [2.75, 3.05) is 39.5 Å². The van der Waals surface area contributed by atoms with Gasteiger partial charge in [-0.2, -0.15) is 0 Å². The van der Waals surface area contributed by atoms with Gasteiger partial charge in [0.1, 0.15) is 55.7 Å². The highest BCUT2D eigenvalue weighted by Crippen LogP contribution is 2.25. The number of nitrogens with one attached hydrogen (secondary N) is 1. The van der Waals surface area contributed by atoms with E-state index in [1.54, 1.807) is 18.2 Å². The maximum atomic E-state index is 12.8. The molecule has 0 spiro atoms. The molecule has 0 amide bonds. The Kier molecular flexibility index (Phi) is 6.56. The maximum absolute atomic E-state index is 12.8. The number of aliphatic hydroxyl groups is 1. The summed E-state index contributed by atoms with van der Waals surface area (Å²) in [4.78, 5) is 14.1. The van der Waals surface area contributed by atoms with Crippen molar-refractivity contribution in [3.8, 4) is 17.2 Å². The third-order valence-corrected chi connectivity index (χ3v) is 5.30. The van der Waals surface area contributed by atoms with Crippen LogP contribution in [0.3, 0.4) is 0 Å². The summed E-state index contributed by atoms with van der Waals surface area (Å²) in [6.07, 6.45) is 0.743. The van der Waals surface area contributed by atoms with E-state index in [9.17, 15) is 9.90 Å². The number of fused-ring (bicyclic) bond motifs is 1. The minimum Gasteiger partial charge on any atom is -0.491 e. The molecule has 2 heterocycles. The first kappa shape index (κ1) is 21.4. The molecule has 4 rings (SSSR count). The first-order valence-corrected chi connectivity index (χ1v) is 10.5. The normalized spacial score (nSPS) is 15.7. The number of quaternary nitrogens is 1. The molecule has 164 valence electrons. The van der Waals surface area contributed by atoms with Crippen molar-refractivity contribution in [3.63, 3.8) is 0 Å². The predicted molar refractivity (Wildman–Crippen MR) is 116 cm³/mol. The molecule has 1 aliphatic heterocycles. The first-order valence-electron chi connectivity index (χ1n) is 10.5. The third-order valence-electron chi connectivity index (χ3n) is 5.30. The van der Waals surface area contributed by atoms with Crippen LogP contribution < -0.4 is 19.8 Å². The molecule has 1 atom stereocenters. The zero-order valence-corrected chi connectivity index (χ0v) is 17.8. The molecule has 3 aromatic rings. The van der Waals surface area contributed by atoms with E-state index >= 15 is 0 Å². The number of aryl methyl sites for hydroxylation is 2. The largest absolute Gasteiger partial charge is 0.491 e. The monoisotopic (exact) mass is 426 g/mol. The molecule has 1 aromatic heterocycles. The molecule has 1 saturated heterocycles. The summed E-state index contributed by atoms with van der Waals surface area (Å²) in [5.41, 5.74) is 2.27. The molecule has 0 aliphatic carbocycles. The number of aliphatic hydroxyl groups excluding tert-OH is 1. The number of benzene rings is 2. The second-order valence-electron chi connectivity index (χ2n) is 8.04. The summed E-state index contributed by atoms with van der Waals surface area (Å²) in [5.74, 6) is 1.27. The Hall–Kier alpha value is -2.87. The van der Waals surface area contributed by atoms with Gasteiger partial charge in [-0.1, -0.05) is 6.07 Å². The summed E-state index contributed by atoms with van der Waals surface area (Å²) in [7, 11) is 0. The standard InChI is InChI=1S/C24H27NO6/c1-16-9-17(2)11-20(10-16)31-23-15-30-22-12-19(3-4-21(22)24(23)27)29-14-18(26)13-25-5-7-28-8-6-25/h3-4,9-12,15,18,26H,5-8,13-14H2,1-2H3/p+1/t18-/m0/s1. The first-order chi connectivity index (χ1) is 15.0. The Labute approximate surface area is 180 Å². The molecule has 7 nitrogen and oxygen atoms in total. The Morgan fingerprint density at radius 1 is 1.06 bits per heavy atom. The van der Waals surface area contributed by atoms with Crippen molar-refractivity contribution in [1.29, 1.82) is 0 Å². The summed E-state index contributed by atoms with van der Waals surface area (Å²) in [5, 5.41) is 10.7. The second kappa shape index (κ2) is 9.51. The van der Waals surface area contributed by atoms with E-state index < -0.39 is 6.10 Å². The lowest BCUT2D eigenvalue weighted by Gasteiger charge is -2.25. The molecular formula is C24H28NO6+. The van der Waals surface area contributed by atoms with Gasteiger partial charge >= 0.3 is 0 Å². The van der Waals surface area contributed by atoms with Crippen LogP contribution in [0.2, 0.25) is 0 Å². The lowest BCUT2D eigenvalue weighted by molar-refractivity contribution is -0.911. The fourth-order valence-corrected chi connectivity index (χ4v) is 3.82. The van der Waals surface area contributed by atoms with Crippen LogP contribution in [0.15, 0.2) is 51.9 Å². The van der Waals surface area contributed by atoms with Gasteiger partial charge in [-0.25, -0.2) is 0 Å². The van der Waals surface area contributed by atoms with E-state index in [1.165, 1.54) is 11.2 Å². The topological polar surface area (TPSA) is 82.6 Å². The predicted octanol–water partition coefficient (Wildman–Crippen LogP) is 1.86. The number of hydrogen-bond acceptors (Lipinski definition) is 6. The van der Waals surface area contributed by atoms with E-state index in [0.717, 1.165) is 37.4 Å². The Morgan fingerprint density at radius 3 is 2.55 bits per heavy atom. The molecule has 2 aromatic carbocycles. The van der Waals surface area contributed by atoms with Crippen molar-refractivity contribution < 1.29 is 28.6 Å². The van der Waals surface area contributed by atoms with Gasteiger partial charge in [0.2, 0.25) is 11.2 Å². The Bertz CT molecular complexity index is 1080. The van der Waals surface area contributed by atoms with Crippen LogP contribution in [0.25, 0.3) is 11.0 Å². The summed E-state index contributed by atoms with van der Waals surface area (Å²) >= 11 is 0. The van der Waals surface area contributed by atoms with Gasteiger partial charge in [0.15, 0.2) is 0 Å². The van der Waals surface area contributed by atoms with Crippen molar-refractivity contribution in [2.45, 2.75) is 20.0 Å². The molecule has 0 radical (unpaired) electrons. The zero-order valence-electron chi connectivity index (χ0n) is 17.8. The number of hydrogen-bond donors (Lipinski definition) is 2. The molecule has 31 heavy (non-hydrogen) atoms. The molecule has 2 N–H and O–H groups in total. The highest BCUT2D eigenvalue weighted by molar-refractivity contribution is 5.79. The van der Waals surface area contributed by atoms with E-state index in [0.29, 0.717) is 29.0 Å². The maximum Gasteiger partial charge on any atom is 0.235 e. The Morgan fingerprint density at radius 2 is 1.81 bits per heavy atom. The fourth-order valence-electron chi connectivity index (χ4n) is 3.82. The average molecular weight is 426 g/mol. The lowest BCUT2D eigenvalue weighted by atomic mass is 10.1. The van der Waals surface area contributed by atoms with Crippen molar-refractivity contribution >= 4 is 11.0 Å². The van der Waals surface area contributed by atoms with Crippen LogP contribution in [0.5, 0.6) is 17.2 Å². The highest BCUT2D eigenvalue weighted by Gasteiger charge is 2.19. The molecule has 0 saturated carbocycles. The summed E-state index contributed by atoms with van der Waals surface area (Å²) in [6, 6.07) is 10.8. The molecule has 7 heteroatoms. The summed E-state index contributed by atoms with van der Waals surface area (Å²) < 4.78 is 22.5. The van der Waals surface area contributed by atoms with Crippen LogP contribution in [0, 0.1) is 13.8 Å². The zero-order chi connectivity index (χ0) is 21.8. The molecule has 0 unspecified atom stereocenters. The van der Waals surface area contributed by atoms with Gasteiger partial charge in [-0.3, -0.25) is 4.79 Å². The van der Waals surface area contributed by atoms with Crippen LogP contribution >= 0.6 is 0 Å². The van der Waals surface area contributed by atoms with Gasteiger partial charge in [0, 0.05) is 6.07 Å². The molecule has 1 fully saturated rings. The minimum atomic E-state index is -0.579. The van der Waals surface area contributed by atoms with Gasteiger partial charge in [-0.15, -0.1) is 0 Å². The van der Waals surface area contributed by atoms with E-state index in [4.69, 9.17) is 18.6 Å². The van der Waals surface area contributed by atoms with Gasteiger partial charge in [-0.05, 0) is 49.2 Å². The van der Waals surface area contributed by atoms with Gasteiger partial charge in [0.25, 0.3) is 0 Å². The van der Waals surface area contributed by atoms with Crippen molar-refractivity contribution in [2.24, 2.45) is 0 Å². The lowest BCUT2D eigenvalue weighted by Crippen LogP contribution is -3.15. The average Bonchev–Trinajstić information content (AvgIpc) is 2.74. The molecule has 1 aliphatic rings. The smallest absolute Gasteiger partial charge is 0.235 e. The van der Waals surface area contributed by atoms with E-state index in [2.05, 4.69) is 0 Å². The van der Waals surface area contributed by atoms with Crippen molar-refractivity contribution in [1.82, 2.24) is 0 Å². The third kappa shape index (κ3) is 5.44. The van der Waals surface area contributed by atoms with E-state index in [-0.39, 0.29) is 17.8 Å². The summed E-state index contributed by atoms with van der Waals surface area (Å²) in [6.45, 7) is 7.98. The SMILES string of the molecule is Cc1cc(C)cc(Oc2coc3cc(OC[C@@H](O)C[NH+]4CCOCC4)ccc3c2=O)c1. The van der Waals surface area contributed by atoms with Gasteiger partial charge in [0.05, 0.1) is 18.6 Å². The number of ether oxygens (including phenoxy) is 3. The van der Waals surface area contributed by atoms with Crippen LogP contribution in [-0.4, -0.2) is 50.7 Å². The molecular weight excluding hydrogens is 398 g/mol. The van der Waals surface area contributed by atoms with Gasteiger partial charge < -0.3 is 28.6 Å². The molecule has 0 bridgehead atoms. The number of rotatable bonds is 7. The highest BCUT2D eigenvalue weighted by atomic mass is 16.5. The van der Waals surface area contributed by atoms with Crippen LogP contribution in [-0.2, 0) is 4.74 Å². The van der Waals surface area contributed by atoms with E-state index in [1.807, 2.05) is 32.0 Å². The minimum absolute atomic E-state index is 0.134.